The van der Waals surface area contributed by atoms with Crippen molar-refractivity contribution >= 4 is 33.5 Å². The first kappa shape index (κ1) is 20.6. The Kier molecular flexibility index (Phi) is 7.28. The molecule has 0 aliphatic carbocycles. The van der Waals surface area contributed by atoms with Gasteiger partial charge in [0.25, 0.3) is 11.9 Å². The summed E-state index contributed by atoms with van der Waals surface area (Å²) >= 11 is 0. The highest BCUT2D eigenvalue weighted by atomic mass is 16.4. The van der Waals surface area contributed by atoms with Crippen LogP contribution < -0.4 is 0 Å². The van der Waals surface area contributed by atoms with Crippen molar-refractivity contribution in [2.45, 2.75) is 13.8 Å². The number of hydrogen-bond acceptors (Lipinski definition) is 2. The molecule has 4 nitrogen and oxygen atoms in total. The fourth-order valence-corrected chi connectivity index (χ4v) is 2.92. The summed E-state index contributed by atoms with van der Waals surface area (Å²) in [6, 6.07) is 30.2. The Morgan fingerprint density at radius 3 is 1.18 bits per heavy atom. The number of carboxylic acids is 2. The van der Waals surface area contributed by atoms with Crippen LogP contribution in [0.15, 0.2) is 84.9 Å². The van der Waals surface area contributed by atoms with Crippen LogP contribution in [0.3, 0.4) is 0 Å². The molecular weight excluding hydrogens is 352 g/mol. The van der Waals surface area contributed by atoms with E-state index < -0.39 is 11.9 Å². The van der Waals surface area contributed by atoms with Gasteiger partial charge >= 0.3 is 0 Å². The van der Waals surface area contributed by atoms with Crippen molar-refractivity contribution in [3.8, 4) is 11.1 Å². The molecule has 28 heavy (non-hydrogen) atoms. The lowest BCUT2D eigenvalue weighted by Gasteiger charge is -2.10. The number of benzene rings is 4. The van der Waals surface area contributed by atoms with Gasteiger partial charge in [-0.25, -0.2) is 0 Å². The van der Waals surface area contributed by atoms with Crippen LogP contribution in [0.4, 0.5) is 0 Å². The van der Waals surface area contributed by atoms with E-state index in [2.05, 4.69) is 84.9 Å². The van der Waals surface area contributed by atoms with Gasteiger partial charge in [-0.15, -0.1) is 0 Å². The third-order valence-electron chi connectivity index (χ3n) is 3.87. The Balaban J connectivity index is 0.000000302. The molecule has 4 aromatic rings. The Bertz CT molecular complexity index is 992. The molecule has 0 saturated heterocycles. The van der Waals surface area contributed by atoms with Crippen LogP contribution in [0.2, 0.25) is 0 Å². The minimum absolute atomic E-state index is 0.833. The molecule has 0 aliphatic rings. The summed E-state index contributed by atoms with van der Waals surface area (Å²) in [4.78, 5) is 18.0. The quantitative estimate of drug-likeness (QED) is 0.439. The second-order valence-corrected chi connectivity index (χ2v) is 6.09. The first-order valence-electron chi connectivity index (χ1n) is 8.75. The van der Waals surface area contributed by atoms with Crippen molar-refractivity contribution in [3.63, 3.8) is 0 Å². The number of carbonyl (C=O) groups is 2. The summed E-state index contributed by atoms with van der Waals surface area (Å²) in [5.41, 5.74) is 2.61. The molecule has 4 heteroatoms. The Morgan fingerprint density at radius 2 is 0.821 bits per heavy atom. The lowest BCUT2D eigenvalue weighted by atomic mass is 9.94. The first-order chi connectivity index (χ1) is 13.4. The Hall–Kier alpha value is -3.66. The minimum Gasteiger partial charge on any atom is -0.481 e. The van der Waals surface area contributed by atoms with E-state index in [9.17, 15) is 0 Å². The van der Waals surface area contributed by atoms with E-state index in [4.69, 9.17) is 19.8 Å². The van der Waals surface area contributed by atoms with E-state index in [0.717, 1.165) is 13.8 Å². The van der Waals surface area contributed by atoms with Crippen LogP contribution in [0.25, 0.3) is 32.7 Å². The minimum atomic E-state index is -0.833. The lowest BCUT2D eigenvalue weighted by Crippen LogP contribution is -1.83. The molecule has 142 valence electrons. The van der Waals surface area contributed by atoms with Gasteiger partial charge in [-0.1, -0.05) is 84.9 Å². The maximum Gasteiger partial charge on any atom is 0.300 e. The van der Waals surface area contributed by atoms with Gasteiger partial charge in [0.2, 0.25) is 0 Å². The zero-order chi connectivity index (χ0) is 20.5. The van der Waals surface area contributed by atoms with Gasteiger partial charge in [-0.05, 0) is 32.7 Å². The maximum absolute atomic E-state index is 9.00. The summed E-state index contributed by atoms with van der Waals surface area (Å²) in [7, 11) is 0. The fourth-order valence-electron chi connectivity index (χ4n) is 2.92. The first-order valence-corrected chi connectivity index (χ1v) is 8.75. The molecule has 0 spiro atoms. The van der Waals surface area contributed by atoms with Gasteiger partial charge in [-0.2, -0.15) is 0 Å². The predicted octanol–water partition coefficient (Wildman–Crippen LogP) is 5.84. The number of hydrogen-bond donors (Lipinski definition) is 2. The SMILES string of the molecule is CC(=O)O.CC(=O)O.c1ccc2c(-c3cccc4ccccc34)cccc2c1. The molecule has 0 aliphatic heterocycles. The molecule has 0 amide bonds. The van der Waals surface area contributed by atoms with E-state index in [1.807, 2.05) is 0 Å². The van der Waals surface area contributed by atoms with Crippen molar-refractivity contribution in [1.82, 2.24) is 0 Å². The average molecular weight is 374 g/mol. The normalized spacial score (nSPS) is 9.64. The van der Waals surface area contributed by atoms with Crippen molar-refractivity contribution in [3.05, 3.63) is 84.9 Å². The highest BCUT2D eigenvalue weighted by Gasteiger charge is 2.06. The second-order valence-electron chi connectivity index (χ2n) is 6.09. The topological polar surface area (TPSA) is 74.6 Å². The van der Waals surface area contributed by atoms with Gasteiger partial charge in [0.15, 0.2) is 0 Å². The molecular formula is C24H22O4. The molecule has 0 unspecified atom stereocenters. The lowest BCUT2D eigenvalue weighted by molar-refractivity contribution is -0.135. The zero-order valence-corrected chi connectivity index (χ0v) is 15.8. The number of carboxylic acid groups (broad SMARTS) is 2. The molecule has 4 rings (SSSR count). The average Bonchev–Trinajstić information content (AvgIpc) is 2.66. The molecule has 0 radical (unpaired) electrons. The van der Waals surface area contributed by atoms with Crippen molar-refractivity contribution in [2.75, 3.05) is 0 Å². The van der Waals surface area contributed by atoms with Crippen molar-refractivity contribution in [2.24, 2.45) is 0 Å². The molecule has 0 aromatic heterocycles. The maximum atomic E-state index is 9.00. The summed E-state index contributed by atoms with van der Waals surface area (Å²) in [6.45, 7) is 2.17. The molecule has 0 fully saturated rings. The summed E-state index contributed by atoms with van der Waals surface area (Å²) < 4.78 is 0. The molecule has 2 N–H and O–H groups in total. The third kappa shape index (κ3) is 5.68. The van der Waals surface area contributed by atoms with Crippen LogP contribution in [0.5, 0.6) is 0 Å². The molecule has 0 heterocycles. The monoisotopic (exact) mass is 374 g/mol. The van der Waals surface area contributed by atoms with Gasteiger partial charge in [0.05, 0.1) is 0 Å². The van der Waals surface area contributed by atoms with E-state index in [1.165, 1.54) is 32.7 Å². The van der Waals surface area contributed by atoms with E-state index in [0.29, 0.717) is 0 Å². The Labute approximate surface area is 163 Å². The van der Waals surface area contributed by atoms with Crippen LogP contribution in [-0.2, 0) is 9.59 Å². The molecule has 0 bridgehead atoms. The highest BCUT2D eigenvalue weighted by Crippen LogP contribution is 2.33. The van der Waals surface area contributed by atoms with Crippen LogP contribution in [0.1, 0.15) is 13.8 Å². The van der Waals surface area contributed by atoms with Crippen LogP contribution in [0, 0.1) is 0 Å². The zero-order valence-electron chi connectivity index (χ0n) is 15.8. The standard InChI is InChI=1S/C20H14.2C2H4O2/c1-3-11-17-15(7-1)9-5-13-19(17)20-14-6-10-16-8-2-4-12-18(16)20;2*1-2(3)4/h1-14H;2*1H3,(H,3,4). The highest BCUT2D eigenvalue weighted by molar-refractivity contribution is 6.05. The van der Waals surface area contributed by atoms with Gasteiger partial charge in [-0.3, -0.25) is 9.59 Å². The summed E-state index contributed by atoms with van der Waals surface area (Å²) in [5, 5.41) is 20.0. The van der Waals surface area contributed by atoms with E-state index >= 15 is 0 Å². The smallest absolute Gasteiger partial charge is 0.300 e. The van der Waals surface area contributed by atoms with E-state index in [-0.39, 0.29) is 0 Å². The van der Waals surface area contributed by atoms with E-state index in [1.54, 1.807) is 0 Å². The van der Waals surface area contributed by atoms with Gasteiger partial charge in [0.1, 0.15) is 0 Å². The molecule has 4 aromatic carbocycles. The summed E-state index contributed by atoms with van der Waals surface area (Å²) in [6.07, 6.45) is 0. The fraction of sp³-hybridized carbons (Fsp3) is 0.0833. The van der Waals surface area contributed by atoms with Crippen LogP contribution >= 0.6 is 0 Å². The van der Waals surface area contributed by atoms with Crippen LogP contribution in [-0.4, -0.2) is 22.2 Å². The predicted molar refractivity (Wildman–Crippen MR) is 114 cm³/mol. The number of aliphatic carboxylic acids is 2. The van der Waals surface area contributed by atoms with Crippen molar-refractivity contribution < 1.29 is 19.8 Å². The summed E-state index contributed by atoms with van der Waals surface area (Å²) in [5.74, 6) is -1.67. The van der Waals surface area contributed by atoms with Gasteiger partial charge in [0, 0.05) is 13.8 Å². The number of rotatable bonds is 1. The third-order valence-corrected chi connectivity index (χ3v) is 3.87. The van der Waals surface area contributed by atoms with Crippen molar-refractivity contribution in [1.29, 1.82) is 0 Å². The second kappa shape index (κ2) is 9.88. The molecule has 0 atom stereocenters. The Morgan fingerprint density at radius 1 is 0.536 bits per heavy atom. The largest absolute Gasteiger partial charge is 0.481 e. The molecule has 0 saturated carbocycles. The number of fused-ring (bicyclic) bond motifs is 2. The van der Waals surface area contributed by atoms with Gasteiger partial charge < -0.3 is 10.2 Å².